The largest absolute Gasteiger partial charge is 0.497 e. The van der Waals surface area contributed by atoms with Crippen molar-refractivity contribution in [3.63, 3.8) is 0 Å². The standard InChI is InChI=1S/C18H18N2O3S/c1-12-11-15(23-3)9-10-17(12)24(21,22)20-16-6-4-5-14-8-7-13(2)19-18(14)16/h4-11,20H,1-3H3. The van der Waals surface area contributed by atoms with E-state index in [0.717, 1.165) is 11.1 Å². The van der Waals surface area contributed by atoms with Crippen molar-refractivity contribution in [2.75, 3.05) is 11.8 Å². The summed E-state index contributed by atoms with van der Waals surface area (Å²) in [5.74, 6) is 0.619. The van der Waals surface area contributed by atoms with Crippen LogP contribution in [0.4, 0.5) is 5.69 Å². The summed E-state index contributed by atoms with van der Waals surface area (Å²) in [7, 11) is -2.17. The van der Waals surface area contributed by atoms with Crippen LogP contribution in [0.25, 0.3) is 10.9 Å². The van der Waals surface area contributed by atoms with Crippen molar-refractivity contribution >= 4 is 26.6 Å². The molecule has 124 valence electrons. The quantitative estimate of drug-likeness (QED) is 0.785. The van der Waals surface area contributed by atoms with Crippen molar-refractivity contribution in [1.82, 2.24) is 4.98 Å². The van der Waals surface area contributed by atoms with E-state index in [2.05, 4.69) is 9.71 Å². The number of hydrogen-bond donors (Lipinski definition) is 1. The van der Waals surface area contributed by atoms with Crippen molar-refractivity contribution in [3.8, 4) is 5.75 Å². The topological polar surface area (TPSA) is 68.3 Å². The van der Waals surface area contributed by atoms with Crippen LogP contribution in [0, 0.1) is 13.8 Å². The minimum atomic E-state index is -3.72. The number of aryl methyl sites for hydroxylation is 2. The fourth-order valence-corrected chi connectivity index (χ4v) is 3.87. The molecule has 0 spiro atoms. The first kappa shape index (κ1) is 16.3. The molecule has 3 rings (SSSR count). The molecular weight excluding hydrogens is 324 g/mol. The summed E-state index contributed by atoms with van der Waals surface area (Å²) in [6, 6.07) is 14.1. The Labute approximate surface area is 141 Å². The van der Waals surface area contributed by atoms with Gasteiger partial charge in [0.15, 0.2) is 0 Å². The van der Waals surface area contributed by atoms with Crippen molar-refractivity contribution in [2.24, 2.45) is 0 Å². The number of rotatable bonds is 4. The van der Waals surface area contributed by atoms with E-state index in [9.17, 15) is 8.42 Å². The van der Waals surface area contributed by atoms with Gasteiger partial charge in [-0.1, -0.05) is 18.2 Å². The highest BCUT2D eigenvalue weighted by Gasteiger charge is 2.18. The zero-order chi connectivity index (χ0) is 17.3. The molecule has 1 N–H and O–H groups in total. The first-order valence-electron chi connectivity index (χ1n) is 7.44. The first-order chi connectivity index (χ1) is 11.4. The normalized spacial score (nSPS) is 11.5. The van der Waals surface area contributed by atoms with Gasteiger partial charge in [0.05, 0.1) is 23.2 Å². The summed E-state index contributed by atoms with van der Waals surface area (Å²) in [5.41, 5.74) is 2.54. The smallest absolute Gasteiger partial charge is 0.262 e. The number of fused-ring (bicyclic) bond motifs is 1. The fraction of sp³-hybridized carbons (Fsp3) is 0.167. The summed E-state index contributed by atoms with van der Waals surface area (Å²) >= 11 is 0. The van der Waals surface area contributed by atoms with E-state index < -0.39 is 10.0 Å². The Hall–Kier alpha value is -2.60. The number of hydrogen-bond acceptors (Lipinski definition) is 4. The van der Waals surface area contributed by atoms with Crippen LogP contribution in [0.5, 0.6) is 5.75 Å². The number of anilines is 1. The molecule has 0 radical (unpaired) electrons. The average molecular weight is 342 g/mol. The molecule has 3 aromatic rings. The van der Waals surface area contributed by atoms with Gasteiger partial charge in [0.2, 0.25) is 0 Å². The highest BCUT2D eigenvalue weighted by molar-refractivity contribution is 7.92. The lowest BCUT2D eigenvalue weighted by Crippen LogP contribution is -2.14. The average Bonchev–Trinajstić information content (AvgIpc) is 2.54. The Morgan fingerprint density at radius 2 is 1.83 bits per heavy atom. The van der Waals surface area contributed by atoms with E-state index in [1.165, 1.54) is 0 Å². The molecule has 0 fully saturated rings. The van der Waals surface area contributed by atoms with Crippen LogP contribution in [0.15, 0.2) is 53.4 Å². The molecule has 24 heavy (non-hydrogen) atoms. The molecule has 0 unspecified atom stereocenters. The number of para-hydroxylation sites is 1. The number of methoxy groups -OCH3 is 1. The second-order valence-electron chi connectivity index (χ2n) is 5.57. The van der Waals surface area contributed by atoms with Gasteiger partial charge in [-0.05, 0) is 49.7 Å². The molecule has 0 aliphatic heterocycles. The molecule has 5 nitrogen and oxygen atoms in total. The Morgan fingerprint density at radius 1 is 1.04 bits per heavy atom. The minimum Gasteiger partial charge on any atom is -0.497 e. The Bertz CT molecular complexity index is 1010. The molecule has 0 atom stereocenters. The lowest BCUT2D eigenvalue weighted by Gasteiger charge is -2.13. The van der Waals surface area contributed by atoms with E-state index in [-0.39, 0.29) is 4.90 Å². The van der Waals surface area contributed by atoms with Gasteiger partial charge in [0.25, 0.3) is 10.0 Å². The van der Waals surface area contributed by atoms with Crippen LogP contribution in [-0.4, -0.2) is 20.5 Å². The molecule has 0 saturated heterocycles. The number of sulfonamides is 1. The lowest BCUT2D eigenvalue weighted by atomic mass is 10.2. The van der Waals surface area contributed by atoms with Crippen LogP contribution >= 0.6 is 0 Å². The Morgan fingerprint density at radius 3 is 2.54 bits per heavy atom. The summed E-state index contributed by atoms with van der Waals surface area (Å²) in [6.07, 6.45) is 0. The monoisotopic (exact) mass is 342 g/mol. The van der Waals surface area contributed by atoms with Gasteiger partial charge in [-0.25, -0.2) is 8.42 Å². The van der Waals surface area contributed by atoms with Gasteiger partial charge in [-0.3, -0.25) is 9.71 Å². The highest BCUT2D eigenvalue weighted by atomic mass is 32.2. The Balaban J connectivity index is 2.06. The molecule has 2 aromatic carbocycles. The second kappa shape index (κ2) is 6.13. The molecule has 6 heteroatoms. The van der Waals surface area contributed by atoms with Crippen LogP contribution in [-0.2, 0) is 10.0 Å². The zero-order valence-electron chi connectivity index (χ0n) is 13.7. The maximum Gasteiger partial charge on any atom is 0.262 e. The predicted octanol–water partition coefficient (Wildman–Crippen LogP) is 3.66. The Kier molecular flexibility index (Phi) is 4.15. The fourth-order valence-electron chi connectivity index (χ4n) is 2.58. The SMILES string of the molecule is COc1ccc(S(=O)(=O)Nc2cccc3ccc(C)nc23)c(C)c1. The summed E-state index contributed by atoms with van der Waals surface area (Å²) in [5, 5.41) is 0.882. The van der Waals surface area contributed by atoms with Crippen LogP contribution in [0.1, 0.15) is 11.3 Å². The number of nitrogens with one attached hydrogen (secondary N) is 1. The molecule has 0 saturated carbocycles. The first-order valence-corrected chi connectivity index (χ1v) is 8.93. The van der Waals surface area contributed by atoms with Crippen molar-refractivity contribution in [1.29, 1.82) is 0 Å². The van der Waals surface area contributed by atoms with Gasteiger partial charge in [-0.2, -0.15) is 0 Å². The maximum absolute atomic E-state index is 12.8. The highest BCUT2D eigenvalue weighted by Crippen LogP contribution is 2.27. The number of aromatic nitrogens is 1. The van der Waals surface area contributed by atoms with Crippen molar-refractivity contribution in [2.45, 2.75) is 18.7 Å². The van der Waals surface area contributed by atoms with Crippen molar-refractivity contribution < 1.29 is 13.2 Å². The third kappa shape index (κ3) is 3.05. The van der Waals surface area contributed by atoms with Gasteiger partial charge >= 0.3 is 0 Å². The van der Waals surface area contributed by atoms with E-state index in [1.807, 2.05) is 25.1 Å². The number of nitrogens with zero attached hydrogens (tertiary/aromatic N) is 1. The van der Waals surface area contributed by atoms with Gasteiger partial charge < -0.3 is 4.74 Å². The van der Waals surface area contributed by atoms with E-state index in [0.29, 0.717) is 22.5 Å². The maximum atomic E-state index is 12.8. The number of pyridine rings is 1. The van der Waals surface area contributed by atoms with Crippen LogP contribution in [0.3, 0.4) is 0 Å². The van der Waals surface area contributed by atoms with Crippen molar-refractivity contribution in [3.05, 3.63) is 59.8 Å². The van der Waals surface area contributed by atoms with Gasteiger partial charge in [0.1, 0.15) is 5.75 Å². The number of benzene rings is 2. The van der Waals surface area contributed by atoms with E-state index in [4.69, 9.17) is 4.74 Å². The lowest BCUT2D eigenvalue weighted by molar-refractivity contribution is 0.414. The van der Waals surface area contributed by atoms with E-state index in [1.54, 1.807) is 44.4 Å². The predicted molar refractivity (Wildman–Crippen MR) is 95.0 cm³/mol. The van der Waals surface area contributed by atoms with Crippen LogP contribution in [0.2, 0.25) is 0 Å². The van der Waals surface area contributed by atoms with Gasteiger partial charge in [0, 0.05) is 11.1 Å². The second-order valence-corrected chi connectivity index (χ2v) is 7.22. The minimum absolute atomic E-state index is 0.216. The summed E-state index contributed by atoms with van der Waals surface area (Å²) in [4.78, 5) is 4.67. The third-order valence-electron chi connectivity index (χ3n) is 3.78. The molecule has 0 bridgehead atoms. The molecule has 0 aliphatic rings. The molecule has 1 aromatic heterocycles. The summed E-state index contributed by atoms with van der Waals surface area (Å²) in [6.45, 7) is 3.61. The van der Waals surface area contributed by atoms with E-state index >= 15 is 0 Å². The molecule has 1 heterocycles. The summed E-state index contributed by atoms with van der Waals surface area (Å²) < 4.78 is 33.3. The number of ether oxygens (including phenoxy) is 1. The molecular formula is C18H18N2O3S. The zero-order valence-corrected chi connectivity index (χ0v) is 14.5. The van der Waals surface area contributed by atoms with Crippen LogP contribution < -0.4 is 9.46 Å². The molecule has 0 aliphatic carbocycles. The van der Waals surface area contributed by atoms with Gasteiger partial charge in [-0.15, -0.1) is 0 Å². The molecule has 0 amide bonds. The third-order valence-corrected chi connectivity index (χ3v) is 5.30.